The fourth-order valence-electron chi connectivity index (χ4n) is 3.11. The van der Waals surface area contributed by atoms with E-state index in [0.717, 1.165) is 37.6 Å². The number of benzene rings is 2. The molecule has 2 aromatic rings. The zero-order chi connectivity index (χ0) is 18.4. The summed E-state index contributed by atoms with van der Waals surface area (Å²) >= 11 is 0. The van der Waals surface area contributed by atoms with Crippen molar-refractivity contribution in [2.45, 2.75) is 0 Å². The van der Waals surface area contributed by atoms with Gasteiger partial charge in [-0.3, -0.25) is 9.69 Å². The Hall–Kier alpha value is -3.04. The molecule has 0 saturated carbocycles. The van der Waals surface area contributed by atoms with Gasteiger partial charge < -0.3 is 15.0 Å². The van der Waals surface area contributed by atoms with Crippen molar-refractivity contribution >= 4 is 17.3 Å². The Balaban J connectivity index is 1.52. The Morgan fingerprint density at radius 1 is 1.15 bits per heavy atom. The Labute approximate surface area is 153 Å². The van der Waals surface area contributed by atoms with Crippen LogP contribution >= 0.6 is 0 Å². The second-order valence-corrected chi connectivity index (χ2v) is 6.18. The lowest BCUT2D eigenvalue weighted by molar-refractivity contribution is -0.117. The van der Waals surface area contributed by atoms with Gasteiger partial charge in [-0.1, -0.05) is 18.2 Å². The molecule has 1 saturated heterocycles. The number of anilines is 2. The minimum atomic E-state index is -0.0640. The monoisotopic (exact) mass is 350 g/mol. The van der Waals surface area contributed by atoms with Crippen molar-refractivity contribution < 1.29 is 9.53 Å². The number of ether oxygens (including phenoxy) is 1. The van der Waals surface area contributed by atoms with E-state index < -0.39 is 0 Å². The predicted octanol–water partition coefficient (Wildman–Crippen LogP) is 2.33. The van der Waals surface area contributed by atoms with Crippen LogP contribution < -0.4 is 15.0 Å². The van der Waals surface area contributed by atoms with E-state index in [2.05, 4.69) is 27.3 Å². The minimum absolute atomic E-state index is 0.0640. The number of piperazine rings is 1. The molecule has 2 aromatic carbocycles. The summed E-state index contributed by atoms with van der Waals surface area (Å²) in [4.78, 5) is 16.7. The third kappa shape index (κ3) is 4.32. The standard InChI is InChI=1S/C20H22N4O2/c1-26-19-8-3-2-7-18(19)24-11-9-23(10-12-24)15-20(25)22-17-6-4-5-16(13-17)14-21/h2-8,13H,9-12,15H2,1H3,(H,22,25). The summed E-state index contributed by atoms with van der Waals surface area (Å²) in [6.45, 7) is 3.65. The van der Waals surface area contributed by atoms with E-state index in [1.165, 1.54) is 0 Å². The molecule has 3 rings (SSSR count). The van der Waals surface area contributed by atoms with E-state index in [0.29, 0.717) is 17.8 Å². The average Bonchev–Trinajstić information content (AvgIpc) is 2.68. The number of hydrogen-bond donors (Lipinski definition) is 1. The fraction of sp³-hybridized carbons (Fsp3) is 0.300. The van der Waals surface area contributed by atoms with Gasteiger partial charge in [0.05, 0.1) is 31.0 Å². The summed E-state index contributed by atoms with van der Waals surface area (Å²) < 4.78 is 5.43. The Morgan fingerprint density at radius 2 is 1.92 bits per heavy atom. The minimum Gasteiger partial charge on any atom is -0.495 e. The number of carbonyl (C=O) groups is 1. The maximum Gasteiger partial charge on any atom is 0.238 e. The molecule has 0 aliphatic carbocycles. The first-order valence-corrected chi connectivity index (χ1v) is 8.60. The first-order chi connectivity index (χ1) is 12.7. The number of amides is 1. The second kappa shape index (κ2) is 8.37. The predicted molar refractivity (Wildman–Crippen MR) is 101 cm³/mol. The molecule has 134 valence electrons. The van der Waals surface area contributed by atoms with Crippen molar-refractivity contribution in [1.82, 2.24) is 4.90 Å². The number of carbonyl (C=O) groups excluding carboxylic acids is 1. The van der Waals surface area contributed by atoms with Crippen LogP contribution in [0, 0.1) is 11.3 Å². The first-order valence-electron chi connectivity index (χ1n) is 8.60. The van der Waals surface area contributed by atoms with E-state index in [9.17, 15) is 4.79 Å². The molecule has 26 heavy (non-hydrogen) atoms. The molecule has 6 heteroatoms. The van der Waals surface area contributed by atoms with Crippen molar-refractivity contribution in [3.8, 4) is 11.8 Å². The quantitative estimate of drug-likeness (QED) is 0.896. The highest BCUT2D eigenvalue weighted by molar-refractivity contribution is 5.92. The molecule has 0 aromatic heterocycles. The Kier molecular flexibility index (Phi) is 5.72. The zero-order valence-electron chi connectivity index (χ0n) is 14.8. The number of rotatable bonds is 5. The molecule has 0 radical (unpaired) electrons. The highest BCUT2D eigenvalue weighted by atomic mass is 16.5. The number of hydrogen-bond acceptors (Lipinski definition) is 5. The topological polar surface area (TPSA) is 68.6 Å². The average molecular weight is 350 g/mol. The molecule has 1 aliphatic rings. The van der Waals surface area contributed by atoms with Crippen LogP contribution in [0.25, 0.3) is 0 Å². The summed E-state index contributed by atoms with van der Waals surface area (Å²) in [6.07, 6.45) is 0. The van der Waals surface area contributed by atoms with Crippen molar-refractivity contribution in [2.24, 2.45) is 0 Å². The molecule has 0 spiro atoms. The lowest BCUT2D eigenvalue weighted by atomic mass is 10.2. The van der Waals surface area contributed by atoms with Crippen LogP contribution in [0.15, 0.2) is 48.5 Å². The summed E-state index contributed by atoms with van der Waals surface area (Å²) in [5, 5.41) is 11.8. The molecule has 0 atom stereocenters. The Bertz CT molecular complexity index is 807. The van der Waals surface area contributed by atoms with Crippen LogP contribution in [0.5, 0.6) is 5.75 Å². The Morgan fingerprint density at radius 3 is 2.65 bits per heavy atom. The molecule has 1 aliphatic heterocycles. The molecule has 0 bridgehead atoms. The molecule has 1 amide bonds. The summed E-state index contributed by atoms with van der Waals surface area (Å²) in [5.41, 5.74) is 2.28. The van der Waals surface area contributed by atoms with Crippen LogP contribution in [-0.2, 0) is 4.79 Å². The zero-order valence-corrected chi connectivity index (χ0v) is 14.8. The van der Waals surface area contributed by atoms with Crippen LogP contribution in [0.4, 0.5) is 11.4 Å². The number of methoxy groups -OCH3 is 1. The summed E-state index contributed by atoms with van der Waals surface area (Å²) in [5.74, 6) is 0.807. The number of para-hydroxylation sites is 2. The van der Waals surface area contributed by atoms with E-state index in [1.807, 2.05) is 18.2 Å². The van der Waals surface area contributed by atoms with E-state index in [-0.39, 0.29) is 5.91 Å². The fourth-order valence-corrected chi connectivity index (χ4v) is 3.11. The van der Waals surface area contributed by atoms with Crippen molar-refractivity contribution in [1.29, 1.82) is 5.26 Å². The van der Waals surface area contributed by atoms with Crippen LogP contribution in [-0.4, -0.2) is 50.6 Å². The van der Waals surface area contributed by atoms with Gasteiger partial charge in [-0.25, -0.2) is 0 Å². The maximum atomic E-state index is 12.3. The van der Waals surface area contributed by atoms with E-state index in [1.54, 1.807) is 31.4 Å². The summed E-state index contributed by atoms with van der Waals surface area (Å²) in [7, 11) is 1.68. The van der Waals surface area contributed by atoms with Crippen LogP contribution in [0.3, 0.4) is 0 Å². The van der Waals surface area contributed by atoms with Gasteiger partial charge in [0.15, 0.2) is 0 Å². The molecule has 6 nitrogen and oxygen atoms in total. The molecular formula is C20H22N4O2. The lowest BCUT2D eigenvalue weighted by Gasteiger charge is -2.36. The molecule has 1 fully saturated rings. The number of nitriles is 1. The van der Waals surface area contributed by atoms with Gasteiger partial charge in [0.1, 0.15) is 5.75 Å². The molecular weight excluding hydrogens is 328 g/mol. The normalized spacial score (nSPS) is 14.5. The van der Waals surface area contributed by atoms with E-state index in [4.69, 9.17) is 10.00 Å². The van der Waals surface area contributed by atoms with Crippen LogP contribution in [0.2, 0.25) is 0 Å². The second-order valence-electron chi connectivity index (χ2n) is 6.18. The van der Waals surface area contributed by atoms with E-state index >= 15 is 0 Å². The number of nitrogens with one attached hydrogen (secondary N) is 1. The van der Waals surface area contributed by atoms with Gasteiger partial charge in [-0.2, -0.15) is 5.26 Å². The van der Waals surface area contributed by atoms with Crippen LogP contribution in [0.1, 0.15) is 5.56 Å². The van der Waals surface area contributed by atoms with Gasteiger partial charge in [0.2, 0.25) is 5.91 Å². The van der Waals surface area contributed by atoms with Crippen molar-refractivity contribution in [3.05, 3.63) is 54.1 Å². The smallest absolute Gasteiger partial charge is 0.238 e. The van der Waals surface area contributed by atoms with Gasteiger partial charge >= 0.3 is 0 Å². The lowest BCUT2D eigenvalue weighted by Crippen LogP contribution is -2.48. The highest BCUT2D eigenvalue weighted by Gasteiger charge is 2.21. The van der Waals surface area contributed by atoms with Crippen molar-refractivity contribution in [3.63, 3.8) is 0 Å². The maximum absolute atomic E-state index is 12.3. The highest BCUT2D eigenvalue weighted by Crippen LogP contribution is 2.28. The van der Waals surface area contributed by atoms with Gasteiger partial charge in [-0.15, -0.1) is 0 Å². The SMILES string of the molecule is COc1ccccc1N1CCN(CC(=O)Nc2cccc(C#N)c2)CC1. The molecule has 0 unspecified atom stereocenters. The third-order valence-corrected chi connectivity index (χ3v) is 4.44. The summed E-state index contributed by atoms with van der Waals surface area (Å²) in [6, 6.07) is 17.0. The van der Waals surface area contributed by atoms with Gasteiger partial charge in [0, 0.05) is 31.9 Å². The third-order valence-electron chi connectivity index (χ3n) is 4.44. The van der Waals surface area contributed by atoms with Crippen molar-refractivity contribution in [2.75, 3.05) is 50.1 Å². The number of nitrogens with zero attached hydrogens (tertiary/aromatic N) is 3. The molecule has 1 N–H and O–H groups in total. The molecule has 1 heterocycles. The van der Waals surface area contributed by atoms with Gasteiger partial charge in [-0.05, 0) is 30.3 Å². The largest absolute Gasteiger partial charge is 0.495 e. The first kappa shape index (κ1) is 17.8. The van der Waals surface area contributed by atoms with Gasteiger partial charge in [0.25, 0.3) is 0 Å².